The highest BCUT2D eigenvalue weighted by atomic mass is 32.2. The van der Waals surface area contributed by atoms with E-state index in [-0.39, 0.29) is 11.3 Å². The molecule has 4 rings (SSSR count). The molecule has 75 heavy (non-hydrogen) atoms. The molecule has 0 aliphatic rings. The first kappa shape index (κ1) is 68.0. The van der Waals surface area contributed by atoms with Crippen LogP contribution in [0.15, 0.2) is 48.5 Å². The third kappa shape index (κ3) is 32.6. The SMILES string of the molecule is CCCCCCCCSCCSCCSCCSCCCCCCCCCCCC[Si]O[Si](C)(C)CCCCCCCCCCCc1ccc(-c2ccc(-c3ccc(-c4ccc(C(F)(F)CCCCCC)s4)s3)s2)s1. The van der Waals surface area contributed by atoms with Crippen molar-refractivity contribution in [3.8, 4) is 29.3 Å². The fourth-order valence-electron chi connectivity index (χ4n) is 9.36. The summed E-state index contributed by atoms with van der Waals surface area (Å²) in [4.78, 5) is 8.84. The van der Waals surface area contributed by atoms with Crippen LogP contribution in [0.1, 0.15) is 216 Å². The molecule has 0 N–H and O–H groups in total. The zero-order valence-corrected chi connectivity index (χ0v) is 56.1. The van der Waals surface area contributed by atoms with Crippen molar-refractivity contribution in [2.24, 2.45) is 0 Å². The molecule has 2 radical (unpaired) electrons. The van der Waals surface area contributed by atoms with Crippen molar-refractivity contribution >= 4 is 110 Å². The summed E-state index contributed by atoms with van der Waals surface area (Å²) in [6.07, 6.45) is 39.7. The molecule has 0 aliphatic heterocycles. The smallest absolute Gasteiger partial charge is 0.282 e. The third-order valence-electron chi connectivity index (χ3n) is 14.0. The maximum Gasteiger partial charge on any atom is 0.282 e. The van der Waals surface area contributed by atoms with Crippen molar-refractivity contribution in [2.75, 3.05) is 46.0 Å². The molecule has 0 fully saturated rings. The monoisotopic (exact) mass is 1210 g/mol. The van der Waals surface area contributed by atoms with E-state index in [9.17, 15) is 8.78 Å². The molecule has 0 amide bonds. The van der Waals surface area contributed by atoms with E-state index >= 15 is 0 Å². The van der Waals surface area contributed by atoms with Gasteiger partial charge < -0.3 is 4.12 Å². The highest BCUT2D eigenvalue weighted by Crippen LogP contribution is 2.46. The zero-order chi connectivity index (χ0) is 53.3. The number of halogens is 2. The van der Waals surface area contributed by atoms with Gasteiger partial charge in [-0.3, -0.25) is 0 Å². The molecule has 1 nitrogen and oxygen atoms in total. The molecule has 0 atom stereocenters. The van der Waals surface area contributed by atoms with Crippen molar-refractivity contribution in [3.63, 3.8) is 0 Å². The van der Waals surface area contributed by atoms with E-state index in [1.54, 1.807) is 17.4 Å². The van der Waals surface area contributed by atoms with Gasteiger partial charge in [0.15, 0.2) is 8.32 Å². The summed E-state index contributed by atoms with van der Waals surface area (Å²) >= 11 is 15.5. The van der Waals surface area contributed by atoms with Gasteiger partial charge in [-0.2, -0.15) is 47.0 Å². The molecule has 4 aromatic rings. The number of aryl methyl sites for hydroxylation is 1. The van der Waals surface area contributed by atoms with Crippen LogP contribution in [0.4, 0.5) is 8.78 Å². The van der Waals surface area contributed by atoms with Gasteiger partial charge in [0.05, 0.1) is 4.88 Å². The van der Waals surface area contributed by atoms with E-state index < -0.39 is 14.2 Å². The predicted octanol–water partition coefficient (Wildman–Crippen LogP) is 24.5. The number of thioether (sulfide) groups is 4. The maximum absolute atomic E-state index is 14.9. The summed E-state index contributed by atoms with van der Waals surface area (Å²) in [6, 6.07) is 19.5. The van der Waals surface area contributed by atoms with Crippen molar-refractivity contribution in [3.05, 3.63) is 58.3 Å². The van der Waals surface area contributed by atoms with Crippen LogP contribution in [0.2, 0.25) is 25.2 Å². The van der Waals surface area contributed by atoms with Gasteiger partial charge >= 0.3 is 0 Å². The Labute approximate surface area is 496 Å². The molecule has 0 aliphatic carbocycles. The normalized spacial score (nSPS) is 12.2. The van der Waals surface area contributed by atoms with Crippen LogP contribution < -0.4 is 0 Å². The number of unbranched alkanes of at least 4 members (excludes halogenated alkanes) is 25. The van der Waals surface area contributed by atoms with Gasteiger partial charge in [-0.05, 0) is 117 Å². The summed E-state index contributed by atoms with van der Waals surface area (Å²) < 4.78 is 36.3. The maximum atomic E-state index is 14.9. The van der Waals surface area contributed by atoms with Crippen molar-refractivity contribution in [1.82, 2.24) is 0 Å². The lowest BCUT2D eigenvalue weighted by Gasteiger charge is -2.22. The van der Waals surface area contributed by atoms with E-state index in [1.807, 2.05) is 28.7 Å². The Morgan fingerprint density at radius 2 is 0.787 bits per heavy atom. The van der Waals surface area contributed by atoms with Crippen LogP contribution in [-0.2, 0) is 16.5 Å². The number of hydrogen-bond donors (Lipinski definition) is 0. The minimum Gasteiger partial charge on any atom is -0.456 e. The average Bonchev–Trinajstić information content (AvgIpc) is 4.26. The van der Waals surface area contributed by atoms with Crippen LogP contribution in [0.5, 0.6) is 0 Å². The first-order valence-corrected chi connectivity index (χ1v) is 42.3. The summed E-state index contributed by atoms with van der Waals surface area (Å²) in [7, 11) is -0.777. The van der Waals surface area contributed by atoms with Gasteiger partial charge in [0.1, 0.15) is 0 Å². The molecule has 0 saturated heterocycles. The first-order valence-electron chi connectivity index (χ1n) is 30.2. The van der Waals surface area contributed by atoms with Crippen LogP contribution in [0, 0.1) is 0 Å². The number of thiophene rings is 4. The lowest BCUT2D eigenvalue weighted by atomic mass is 10.1. The number of rotatable bonds is 52. The molecular formula is C62H102F2OS8Si2. The third-order valence-corrected chi connectivity index (χ3v) is 28.9. The Morgan fingerprint density at radius 1 is 0.413 bits per heavy atom. The largest absolute Gasteiger partial charge is 0.456 e. The summed E-state index contributed by atoms with van der Waals surface area (Å²) in [5.74, 6) is 8.06. The van der Waals surface area contributed by atoms with Gasteiger partial charge in [-0.15, -0.1) is 45.3 Å². The topological polar surface area (TPSA) is 9.23 Å². The molecular weight excluding hydrogens is 1110 g/mol. The Kier molecular flexibility index (Phi) is 39.9. The van der Waals surface area contributed by atoms with Crippen LogP contribution in [-0.4, -0.2) is 64.1 Å². The molecule has 0 spiro atoms. The van der Waals surface area contributed by atoms with Crippen molar-refractivity contribution < 1.29 is 12.9 Å². The van der Waals surface area contributed by atoms with E-state index in [2.05, 4.69) is 110 Å². The number of alkyl halides is 2. The van der Waals surface area contributed by atoms with Crippen molar-refractivity contribution in [1.29, 1.82) is 0 Å². The van der Waals surface area contributed by atoms with Crippen LogP contribution in [0.3, 0.4) is 0 Å². The Bertz CT molecular complexity index is 1930. The second-order valence-electron chi connectivity index (χ2n) is 21.5. The van der Waals surface area contributed by atoms with Crippen molar-refractivity contribution in [2.45, 2.75) is 244 Å². The lowest BCUT2D eigenvalue weighted by Crippen LogP contribution is -2.31. The first-order chi connectivity index (χ1) is 36.7. The van der Waals surface area contributed by atoms with Crippen LogP contribution >= 0.6 is 92.4 Å². The van der Waals surface area contributed by atoms with Gasteiger partial charge in [-0.1, -0.05) is 174 Å². The van der Waals surface area contributed by atoms with E-state index in [0.29, 0.717) is 6.42 Å². The second kappa shape index (κ2) is 44.1. The highest BCUT2D eigenvalue weighted by Gasteiger charge is 2.33. The lowest BCUT2D eigenvalue weighted by molar-refractivity contribution is -0.0120. The van der Waals surface area contributed by atoms with E-state index in [4.69, 9.17) is 4.12 Å². The average molecular weight is 1210 g/mol. The van der Waals surface area contributed by atoms with Gasteiger partial charge in [0, 0.05) is 75.1 Å². The van der Waals surface area contributed by atoms with E-state index in [1.165, 1.54) is 261 Å². The quantitative estimate of drug-likeness (QED) is 0.0321. The predicted molar refractivity (Wildman–Crippen MR) is 355 cm³/mol. The fourth-order valence-corrected chi connectivity index (χ4v) is 22.0. The second-order valence-corrected chi connectivity index (χ2v) is 36.4. The Balaban J connectivity index is 0.861. The Hall–Kier alpha value is 0.454. The zero-order valence-electron chi connectivity index (χ0n) is 47.5. The fraction of sp³-hybridized carbons (Fsp3) is 0.742. The summed E-state index contributed by atoms with van der Waals surface area (Å²) in [6.45, 7) is 9.31. The summed E-state index contributed by atoms with van der Waals surface area (Å²) in [5, 5.41) is 0. The summed E-state index contributed by atoms with van der Waals surface area (Å²) in [5.41, 5.74) is 0. The number of hydrogen-bond acceptors (Lipinski definition) is 9. The molecule has 4 heterocycles. The standard InChI is InChI=1S/C62H102F2OS8Si2/c1-5-7-9-11-24-30-44-66-46-48-68-50-51-69-49-47-67-45-31-25-20-16-12-13-17-21-26-32-52-74-65-75(3,4)53-33-27-22-18-14-15-19-23-28-34-54-35-36-55(70-54)56-37-38-57(71-56)58-39-40-59(72-58)60-41-42-61(73-60)62(63,64)43-29-10-8-6-2/h35-42H,5-34,43-53H2,1-4H3. The highest BCUT2D eigenvalue weighted by molar-refractivity contribution is 8.05. The van der Waals surface area contributed by atoms with E-state index in [0.717, 1.165) is 38.8 Å². The van der Waals surface area contributed by atoms with Gasteiger partial charge in [0.2, 0.25) is 9.76 Å². The Morgan fingerprint density at radius 3 is 1.29 bits per heavy atom. The minimum absolute atomic E-state index is 0.0541. The van der Waals surface area contributed by atoms with Gasteiger partial charge in [-0.25, -0.2) is 8.78 Å². The van der Waals surface area contributed by atoms with Gasteiger partial charge in [0.25, 0.3) is 5.92 Å². The minimum atomic E-state index is -2.74. The van der Waals surface area contributed by atoms with Crippen LogP contribution in [0.25, 0.3) is 29.3 Å². The molecule has 0 aromatic carbocycles. The molecule has 0 saturated carbocycles. The molecule has 0 unspecified atom stereocenters. The molecule has 4 aromatic heterocycles. The molecule has 0 bridgehead atoms. The molecule has 13 heteroatoms. The molecule has 426 valence electrons.